The fraction of sp³-hybridized carbons (Fsp3) is 0.211. The van der Waals surface area contributed by atoms with Gasteiger partial charge in [-0.2, -0.15) is 0 Å². The van der Waals surface area contributed by atoms with Crippen molar-refractivity contribution in [3.63, 3.8) is 0 Å². The lowest BCUT2D eigenvalue weighted by molar-refractivity contribution is -0.127. The van der Waals surface area contributed by atoms with Crippen molar-refractivity contribution in [1.29, 1.82) is 0 Å². The Morgan fingerprint density at radius 1 is 1.30 bits per heavy atom. The van der Waals surface area contributed by atoms with Gasteiger partial charge in [0.15, 0.2) is 5.17 Å². The first-order valence-electron chi connectivity index (χ1n) is 8.19. The van der Waals surface area contributed by atoms with Crippen LogP contribution >= 0.6 is 23.4 Å². The van der Waals surface area contributed by atoms with E-state index in [1.165, 1.54) is 16.7 Å². The summed E-state index contributed by atoms with van der Waals surface area (Å²) in [6.45, 7) is 0. The number of amides is 2. The van der Waals surface area contributed by atoms with Crippen LogP contribution in [0.25, 0.3) is 0 Å². The fourth-order valence-electron chi connectivity index (χ4n) is 2.55. The predicted octanol–water partition coefficient (Wildman–Crippen LogP) is 3.94. The molecule has 1 heterocycles. The molecule has 0 unspecified atom stereocenters. The van der Waals surface area contributed by atoms with Crippen molar-refractivity contribution in [2.75, 3.05) is 19.5 Å². The number of halogens is 1. The number of anilines is 1. The van der Waals surface area contributed by atoms with Gasteiger partial charge in [-0.1, -0.05) is 41.6 Å². The molecule has 0 aliphatic carbocycles. The Balaban J connectivity index is 1.73. The second-order valence-electron chi connectivity index (χ2n) is 5.83. The van der Waals surface area contributed by atoms with Crippen molar-refractivity contribution in [1.82, 2.24) is 4.90 Å². The standard InChI is InChI=1S/C19H18ClN3O3S/c1-23-18(25)16(11-17(24)21-13-6-4-3-5-7-13)27-19(23)22-14-10-12(20)8-9-15(14)26-2/h3-10,16H,11H2,1-2H3,(H,21,24)/t16-/m1/s1. The average Bonchev–Trinajstić information content (AvgIpc) is 2.90. The Bertz CT molecular complexity index is 889. The number of amidine groups is 1. The maximum atomic E-state index is 12.5. The maximum Gasteiger partial charge on any atom is 0.242 e. The van der Waals surface area contributed by atoms with Crippen LogP contribution in [-0.2, 0) is 9.59 Å². The number of rotatable bonds is 5. The summed E-state index contributed by atoms with van der Waals surface area (Å²) in [4.78, 5) is 30.7. The molecule has 1 aliphatic rings. The largest absolute Gasteiger partial charge is 0.494 e. The second kappa shape index (κ2) is 8.45. The van der Waals surface area contributed by atoms with Crippen molar-refractivity contribution in [3.05, 3.63) is 53.6 Å². The molecule has 1 saturated heterocycles. The van der Waals surface area contributed by atoms with E-state index < -0.39 is 5.25 Å². The number of nitrogens with one attached hydrogen (secondary N) is 1. The van der Waals surface area contributed by atoms with Crippen molar-refractivity contribution < 1.29 is 14.3 Å². The maximum absolute atomic E-state index is 12.5. The van der Waals surface area contributed by atoms with Gasteiger partial charge in [0.25, 0.3) is 0 Å². The molecule has 0 aromatic heterocycles. The summed E-state index contributed by atoms with van der Waals surface area (Å²) < 4.78 is 5.29. The van der Waals surface area contributed by atoms with Crippen LogP contribution in [0.15, 0.2) is 53.5 Å². The van der Waals surface area contributed by atoms with Gasteiger partial charge >= 0.3 is 0 Å². The van der Waals surface area contributed by atoms with Crippen LogP contribution in [0.3, 0.4) is 0 Å². The zero-order valence-corrected chi connectivity index (χ0v) is 16.4. The number of methoxy groups -OCH3 is 1. The molecule has 6 nitrogen and oxygen atoms in total. The molecule has 1 aliphatic heterocycles. The van der Waals surface area contributed by atoms with Crippen molar-refractivity contribution in [2.24, 2.45) is 4.99 Å². The van der Waals surface area contributed by atoms with Crippen molar-refractivity contribution >= 4 is 51.7 Å². The van der Waals surface area contributed by atoms with Crippen LogP contribution in [-0.4, -0.2) is 41.3 Å². The summed E-state index contributed by atoms with van der Waals surface area (Å²) in [7, 11) is 3.18. The summed E-state index contributed by atoms with van der Waals surface area (Å²) in [5.41, 5.74) is 1.23. The summed E-state index contributed by atoms with van der Waals surface area (Å²) in [6.07, 6.45) is 0.0639. The van der Waals surface area contributed by atoms with E-state index in [1.54, 1.807) is 44.5 Å². The summed E-state index contributed by atoms with van der Waals surface area (Å²) in [5, 5.41) is 3.29. The van der Waals surface area contributed by atoms with E-state index in [1.807, 2.05) is 18.2 Å². The third-order valence-electron chi connectivity index (χ3n) is 3.93. The molecule has 0 radical (unpaired) electrons. The first-order valence-corrected chi connectivity index (χ1v) is 9.45. The van der Waals surface area contributed by atoms with Crippen LogP contribution in [0.5, 0.6) is 5.75 Å². The van der Waals surface area contributed by atoms with E-state index in [0.717, 1.165) is 0 Å². The Hall–Kier alpha value is -2.51. The van der Waals surface area contributed by atoms with Gasteiger partial charge in [0.2, 0.25) is 11.8 Å². The van der Waals surface area contributed by atoms with Gasteiger partial charge < -0.3 is 10.1 Å². The number of aliphatic imine (C=N–C) groups is 1. The molecular formula is C19H18ClN3O3S. The third kappa shape index (κ3) is 4.61. The summed E-state index contributed by atoms with van der Waals surface area (Å²) in [6, 6.07) is 14.2. The van der Waals surface area contributed by atoms with E-state index in [4.69, 9.17) is 16.3 Å². The number of para-hydroxylation sites is 1. The monoisotopic (exact) mass is 403 g/mol. The van der Waals surface area contributed by atoms with Crippen LogP contribution < -0.4 is 10.1 Å². The quantitative estimate of drug-likeness (QED) is 0.820. The molecule has 0 bridgehead atoms. The Morgan fingerprint density at radius 2 is 2.04 bits per heavy atom. The van der Waals surface area contributed by atoms with Gasteiger partial charge in [0.05, 0.1) is 7.11 Å². The summed E-state index contributed by atoms with van der Waals surface area (Å²) in [5.74, 6) is 0.170. The van der Waals surface area contributed by atoms with Crippen LogP contribution in [0.1, 0.15) is 6.42 Å². The lowest BCUT2D eigenvalue weighted by atomic mass is 10.2. The van der Waals surface area contributed by atoms with Crippen LogP contribution in [0.2, 0.25) is 5.02 Å². The van der Waals surface area contributed by atoms with Crippen molar-refractivity contribution in [3.8, 4) is 5.75 Å². The number of benzene rings is 2. The minimum atomic E-state index is -0.525. The molecule has 27 heavy (non-hydrogen) atoms. The molecule has 8 heteroatoms. The molecule has 2 aromatic carbocycles. The van der Waals surface area contributed by atoms with E-state index in [-0.39, 0.29) is 18.2 Å². The number of hydrogen-bond donors (Lipinski definition) is 1. The second-order valence-corrected chi connectivity index (χ2v) is 7.44. The molecule has 1 atom stereocenters. The molecule has 140 valence electrons. The van der Waals surface area contributed by atoms with Gasteiger partial charge in [-0.05, 0) is 30.3 Å². The van der Waals surface area contributed by atoms with Gasteiger partial charge in [0.1, 0.15) is 16.7 Å². The molecule has 0 spiro atoms. The fourth-order valence-corrected chi connectivity index (χ4v) is 3.87. The smallest absolute Gasteiger partial charge is 0.242 e. The first-order chi connectivity index (χ1) is 13.0. The Labute approximate surface area is 166 Å². The number of nitrogens with zero attached hydrogens (tertiary/aromatic N) is 2. The predicted molar refractivity (Wildman–Crippen MR) is 109 cm³/mol. The van der Waals surface area contributed by atoms with E-state index in [0.29, 0.717) is 27.3 Å². The third-order valence-corrected chi connectivity index (χ3v) is 5.39. The minimum Gasteiger partial charge on any atom is -0.494 e. The van der Waals surface area contributed by atoms with E-state index in [2.05, 4.69) is 10.3 Å². The molecule has 1 fully saturated rings. The number of carbonyl (C=O) groups is 2. The van der Waals surface area contributed by atoms with Gasteiger partial charge in [0, 0.05) is 24.2 Å². The zero-order valence-electron chi connectivity index (χ0n) is 14.8. The van der Waals surface area contributed by atoms with Gasteiger partial charge in [-0.3, -0.25) is 14.5 Å². The highest BCUT2D eigenvalue weighted by Crippen LogP contribution is 2.35. The minimum absolute atomic E-state index is 0.0639. The van der Waals surface area contributed by atoms with E-state index in [9.17, 15) is 9.59 Å². The SMILES string of the molecule is COc1ccc(Cl)cc1N=C1S[C@H](CC(=O)Nc2ccccc2)C(=O)N1C. The highest BCUT2D eigenvalue weighted by molar-refractivity contribution is 8.15. The number of carbonyl (C=O) groups excluding carboxylic acids is 2. The summed E-state index contributed by atoms with van der Waals surface area (Å²) >= 11 is 7.29. The topological polar surface area (TPSA) is 71.0 Å². The Kier molecular flexibility index (Phi) is 6.03. The average molecular weight is 404 g/mol. The number of hydrogen-bond acceptors (Lipinski definition) is 5. The number of ether oxygens (including phenoxy) is 1. The molecule has 2 amide bonds. The molecule has 0 saturated carbocycles. The molecule has 3 rings (SSSR count). The van der Waals surface area contributed by atoms with Gasteiger partial charge in [-0.15, -0.1) is 0 Å². The normalized spacial score (nSPS) is 18.0. The lowest BCUT2D eigenvalue weighted by Crippen LogP contribution is -2.30. The molecule has 1 N–H and O–H groups in total. The first kappa shape index (κ1) is 19.3. The van der Waals surface area contributed by atoms with E-state index >= 15 is 0 Å². The Morgan fingerprint density at radius 3 is 2.74 bits per heavy atom. The van der Waals surface area contributed by atoms with Crippen LogP contribution in [0.4, 0.5) is 11.4 Å². The zero-order chi connectivity index (χ0) is 19.4. The van der Waals surface area contributed by atoms with Gasteiger partial charge in [-0.25, -0.2) is 4.99 Å². The highest BCUT2D eigenvalue weighted by Gasteiger charge is 2.37. The molecular weight excluding hydrogens is 386 g/mol. The van der Waals surface area contributed by atoms with Crippen molar-refractivity contribution in [2.45, 2.75) is 11.7 Å². The van der Waals surface area contributed by atoms with Crippen LogP contribution in [0, 0.1) is 0 Å². The molecule has 2 aromatic rings. The number of thioether (sulfide) groups is 1. The lowest BCUT2D eigenvalue weighted by Gasteiger charge is -2.10. The highest BCUT2D eigenvalue weighted by atomic mass is 35.5.